The van der Waals surface area contributed by atoms with E-state index in [4.69, 9.17) is 4.74 Å². The first-order valence-electron chi connectivity index (χ1n) is 10.3. The third-order valence-corrected chi connectivity index (χ3v) is 7.04. The summed E-state index contributed by atoms with van der Waals surface area (Å²) in [6.07, 6.45) is -0.785. The molecule has 1 aromatic heterocycles. The van der Waals surface area contributed by atoms with Crippen molar-refractivity contribution in [3.05, 3.63) is 31.4 Å². The van der Waals surface area contributed by atoms with Crippen LogP contribution in [0.25, 0.3) is 11.8 Å². The molecule has 2 saturated carbocycles. The number of aromatic amines is 1. The minimum Gasteiger partial charge on any atom is -0.497 e. The van der Waals surface area contributed by atoms with E-state index in [1.165, 1.54) is 17.8 Å². The van der Waals surface area contributed by atoms with Crippen LogP contribution in [0.4, 0.5) is 13.2 Å². The number of hydrogen-bond acceptors (Lipinski definition) is 5. The van der Waals surface area contributed by atoms with Crippen molar-refractivity contribution in [2.45, 2.75) is 56.0 Å². The first kappa shape index (κ1) is 19.9. The Kier molecular flexibility index (Phi) is 4.45. The summed E-state index contributed by atoms with van der Waals surface area (Å²) < 4.78 is 50.3. The zero-order valence-electron chi connectivity index (χ0n) is 16.5. The quantitative estimate of drug-likeness (QED) is 0.677. The third kappa shape index (κ3) is 2.87. The molecule has 0 aromatic carbocycles. The van der Waals surface area contributed by atoms with Crippen LogP contribution in [0.3, 0.4) is 0 Å². The topological polar surface area (TPSA) is 87.6 Å². The summed E-state index contributed by atoms with van der Waals surface area (Å²) in [5.74, 6) is -3.82. The van der Waals surface area contributed by atoms with Crippen LogP contribution >= 0.6 is 0 Å². The number of aromatic nitrogens is 2. The predicted octanol–water partition coefficient (Wildman–Crippen LogP) is -0.535. The van der Waals surface area contributed by atoms with Crippen molar-refractivity contribution in [1.82, 2.24) is 14.5 Å². The van der Waals surface area contributed by atoms with E-state index in [0.717, 1.165) is 12.8 Å². The Hall–Kier alpha value is -2.07. The Labute approximate surface area is 169 Å². The number of ether oxygens (including phenoxy) is 1. The fraction of sp³-hybridized carbons (Fsp3) is 0.700. The normalized spacial score (nSPS) is 35.5. The molecule has 2 N–H and O–H groups in total. The molecule has 5 unspecified atom stereocenters. The SMILES string of the molecule is COC1=c2c(c(=O)[nH]c(=O)n2C2CC2)=CC(F)C1N1CC2CCC(F)(F)C(O)C2C1. The summed E-state index contributed by atoms with van der Waals surface area (Å²) >= 11 is 0. The monoisotopic (exact) mass is 427 g/mol. The van der Waals surface area contributed by atoms with E-state index >= 15 is 4.39 Å². The number of alkyl halides is 3. The Morgan fingerprint density at radius 1 is 1.23 bits per heavy atom. The van der Waals surface area contributed by atoms with Crippen molar-refractivity contribution in [2.24, 2.45) is 11.8 Å². The Morgan fingerprint density at radius 3 is 2.63 bits per heavy atom. The Morgan fingerprint density at radius 2 is 1.97 bits per heavy atom. The molecule has 1 aliphatic heterocycles. The van der Waals surface area contributed by atoms with Crippen LogP contribution in [-0.2, 0) is 4.74 Å². The number of nitrogens with one attached hydrogen (secondary N) is 1. The summed E-state index contributed by atoms with van der Waals surface area (Å²) in [6.45, 7) is 0.440. The standard InChI is InChI=1S/C20H24F3N3O4/c1-30-16-14-11(18(28)24-19(29)26(14)10-2-3-10)6-13(21)15(16)25-7-9-4-5-20(22,23)17(27)12(9)8-25/h6,9-10,12-13,15,17,27H,2-5,7-8H2,1H3,(H,24,28,29). The molecule has 1 aromatic rings. The Balaban J connectivity index is 1.62. The zero-order valence-corrected chi connectivity index (χ0v) is 16.5. The van der Waals surface area contributed by atoms with Crippen molar-refractivity contribution in [2.75, 3.05) is 20.2 Å². The van der Waals surface area contributed by atoms with Gasteiger partial charge in [0.1, 0.15) is 24.1 Å². The predicted molar refractivity (Wildman–Crippen MR) is 101 cm³/mol. The maximum absolute atomic E-state index is 15.3. The number of aliphatic hydroxyl groups is 1. The first-order valence-corrected chi connectivity index (χ1v) is 10.3. The number of H-pyrrole nitrogens is 1. The average Bonchev–Trinajstić information content (AvgIpc) is 3.43. The van der Waals surface area contributed by atoms with E-state index < -0.39 is 41.4 Å². The summed E-state index contributed by atoms with van der Waals surface area (Å²) in [5, 5.41) is 10.5. The molecule has 0 bridgehead atoms. The molecule has 0 amide bonds. The second-order valence-corrected chi connectivity index (χ2v) is 8.87. The van der Waals surface area contributed by atoms with Gasteiger partial charge in [0.05, 0.1) is 17.7 Å². The van der Waals surface area contributed by atoms with Gasteiger partial charge >= 0.3 is 5.69 Å². The van der Waals surface area contributed by atoms with Crippen molar-refractivity contribution < 1.29 is 23.0 Å². The smallest absolute Gasteiger partial charge is 0.329 e. The van der Waals surface area contributed by atoms with Gasteiger partial charge in [-0.05, 0) is 31.3 Å². The van der Waals surface area contributed by atoms with Gasteiger partial charge in [-0.1, -0.05) is 0 Å². The van der Waals surface area contributed by atoms with E-state index in [9.17, 15) is 23.5 Å². The van der Waals surface area contributed by atoms with Crippen LogP contribution in [0, 0.1) is 11.8 Å². The summed E-state index contributed by atoms with van der Waals surface area (Å²) in [5.41, 5.74) is -1.24. The number of fused-ring (bicyclic) bond motifs is 2. The van der Waals surface area contributed by atoms with E-state index in [2.05, 4.69) is 4.98 Å². The number of nitrogens with zero attached hydrogens (tertiary/aromatic N) is 2. The molecule has 4 aliphatic rings. The fourth-order valence-corrected chi connectivity index (χ4v) is 5.43. The largest absolute Gasteiger partial charge is 0.497 e. The van der Waals surface area contributed by atoms with Gasteiger partial charge in [0.25, 0.3) is 11.5 Å². The number of hydrogen-bond donors (Lipinski definition) is 2. The molecular weight excluding hydrogens is 403 g/mol. The maximum Gasteiger partial charge on any atom is 0.329 e. The van der Waals surface area contributed by atoms with Gasteiger partial charge in [-0.15, -0.1) is 0 Å². The fourth-order valence-electron chi connectivity index (χ4n) is 5.43. The molecule has 30 heavy (non-hydrogen) atoms. The highest BCUT2D eigenvalue weighted by atomic mass is 19.3. The molecule has 5 rings (SSSR count). The summed E-state index contributed by atoms with van der Waals surface area (Å²) in [7, 11) is 1.36. The van der Waals surface area contributed by atoms with E-state index in [0.29, 0.717) is 6.54 Å². The summed E-state index contributed by atoms with van der Waals surface area (Å²) in [4.78, 5) is 28.8. The van der Waals surface area contributed by atoms with Gasteiger partial charge in [-0.25, -0.2) is 18.0 Å². The maximum atomic E-state index is 15.3. The Bertz CT molecular complexity index is 1110. The van der Waals surface area contributed by atoms with Gasteiger partial charge in [-0.2, -0.15) is 0 Å². The van der Waals surface area contributed by atoms with Gasteiger partial charge < -0.3 is 9.84 Å². The number of aliphatic hydroxyl groups excluding tert-OH is 1. The van der Waals surface area contributed by atoms with Crippen LogP contribution < -0.4 is 21.8 Å². The minimum atomic E-state index is -3.15. The molecular formula is C20H24F3N3O4. The number of methoxy groups -OCH3 is 1. The van der Waals surface area contributed by atoms with Gasteiger partial charge in [0.2, 0.25) is 0 Å². The van der Waals surface area contributed by atoms with Gasteiger partial charge in [0.15, 0.2) is 0 Å². The molecule has 3 fully saturated rings. The second-order valence-electron chi connectivity index (χ2n) is 8.87. The molecule has 3 aliphatic carbocycles. The highest BCUT2D eigenvalue weighted by molar-refractivity contribution is 5.53. The van der Waals surface area contributed by atoms with Crippen molar-refractivity contribution >= 4 is 11.8 Å². The van der Waals surface area contributed by atoms with Crippen LogP contribution in [0.5, 0.6) is 0 Å². The van der Waals surface area contributed by atoms with Crippen LogP contribution in [-0.4, -0.2) is 64.0 Å². The van der Waals surface area contributed by atoms with E-state index in [-0.39, 0.29) is 47.7 Å². The lowest BCUT2D eigenvalue weighted by atomic mass is 9.77. The van der Waals surface area contributed by atoms with Crippen LogP contribution in [0.15, 0.2) is 9.59 Å². The number of likely N-dealkylation sites (tertiary alicyclic amines) is 1. The van der Waals surface area contributed by atoms with Crippen LogP contribution in [0.2, 0.25) is 0 Å². The van der Waals surface area contributed by atoms with Gasteiger partial charge in [-0.3, -0.25) is 19.2 Å². The molecule has 0 spiro atoms. The minimum absolute atomic E-state index is 0.0604. The molecule has 2 heterocycles. The van der Waals surface area contributed by atoms with E-state index in [1.54, 1.807) is 4.90 Å². The third-order valence-electron chi connectivity index (χ3n) is 7.04. The highest BCUT2D eigenvalue weighted by Crippen LogP contribution is 2.45. The molecule has 5 atom stereocenters. The second kappa shape index (κ2) is 6.71. The van der Waals surface area contributed by atoms with E-state index in [1.807, 2.05) is 0 Å². The molecule has 0 radical (unpaired) electrons. The molecule has 1 saturated heterocycles. The molecule has 164 valence electrons. The molecule has 7 nitrogen and oxygen atoms in total. The van der Waals surface area contributed by atoms with Crippen molar-refractivity contribution in [1.29, 1.82) is 0 Å². The zero-order chi connectivity index (χ0) is 21.4. The summed E-state index contributed by atoms with van der Waals surface area (Å²) in [6, 6.07) is -1.03. The first-order chi connectivity index (χ1) is 14.2. The highest BCUT2D eigenvalue weighted by Gasteiger charge is 2.54. The van der Waals surface area contributed by atoms with Gasteiger partial charge in [0, 0.05) is 31.5 Å². The molecule has 10 heteroatoms. The van der Waals surface area contributed by atoms with Crippen molar-refractivity contribution in [3.8, 4) is 0 Å². The van der Waals surface area contributed by atoms with Crippen LogP contribution in [0.1, 0.15) is 31.7 Å². The lowest BCUT2D eigenvalue weighted by Gasteiger charge is -2.36. The number of halogens is 3. The lowest BCUT2D eigenvalue weighted by Crippen LogP contribution is -2.60. The van der Waals surface area contributed by atoms with Crippen molar-refractivity contribution in [3.63, 3.8) is 0 Å². The average molecular weight is 427 g/mol. The number of rotatable bonds is 3. The lowest BCUT2D eigenvalue weighted by molar-refractivity contribution is -0.161.